The van der Waals surface area contributed by atoms with Gasteiger partial charge in [-0.1, -0.05) is 6.07 Å². The average molecular weight is 376 g/mol. The summed E-state index contributed by atoms with van der Waals surface area (Å²) < 4.78 is 10.8. The number of carboxylic acid groups (broad SMARTS) is 1. The van der Waals surface area contributed by atoms with Gasteiger partial charge >= 0.3 is 5.97 Å². The van der Waals surface area contributed by atoms with Gasteiger partial charge in [0.2, 0.25) is 11.8 Å². The average Bonchev–Trinajstić information content (AvgIpc) is 2.96. The molecule has 0 saturated carbocycles. The van der Waals surface area contributed by atoms with E-state index in [-0.39, 0.29) is 38.0 Å². The lowest BCUT2D eigenvalue weighted by molar-refractivity contribution is -0.149. The Kier molecular flexibility index (Phi) is 5.41. The molecule has 9 heteroatoms. The van der Waals surface area contributed by atoms with Crippen LogP contribution in [0.1, 0.15) is 35.7 Å². The van der Waals surface area contributed by atoms with Crippen LogP contribution in [0.15, 0.2) is 18.2 Å². The first kappa shape index (κ1) is 18.8. The van der Waals surface area contributed by atoms with Crippen molar-refractivity contribution in [1.82, 2.24) is 10.2 Å². The van der Waals surface area contributed by atoms with Gasteiger partial charge in [-0.25, -0.2) is 4.79 Å². The Morgan fingerprint density at radius 3 is 2.81 bits per heavy atom. The van der Waals surface area contributed by atoms with Crippen LogP contribution >= 0.6 is 0 Å². The zero-order valence-electron chi connectivity index (χ0n) is 14.8. The molecule has 0 radical (unpaired) electrons. The number of piperidine rings is 1. The highest BCUT2D eigenvalue weighted by Gasteiger charge is 2.40. The molecule has 0 spiro atoms. The molecule has 3 rings (SSSR count). The molecule has 144 valence electrons. The van der Waals surface area contributed by atoms with E-state index >= 15 is 0 Å². The van der Waals surface area contributed by atoms with Gasteiger partial charge in [-0.3, -0.25) is 19.7 Å². The van der Waals surface area contributed by atoms with Crippen molar-refractivity contribution in [2.45, 2.75) is 38.5 Å². The van der Waals surface area contributed by atoms with Gasteiger partial charge in [0.15, 0.2) is 6.10 Å². The number of ether oxygens (including phenoxy) is 2. The molecule has 1 aromatic carbocycles. The number of hydrogen-bond donors (Lipinski definition) is 2. The second-order valence-electron chi connectivity index (χ2n) is 6.38. The van der Waals surface area contributed by atoms with Gasteiger partial charge in [0, 0.05) is 17.5 Å². The molecule has 2 aliphatic rings. The molecule has 27 heavy (non-hydrogen) atoms. The first-order chi connectivity index (χ1) is 12.9. The fourth-order valence-electron chi connectivity index (χ4n) is 3.14. The minimum atomic E-state index is -1.05. The van der Waals surface area contributed by atoms with Crippen LogP contribution in [-0.2, 0) is 25.7 Å². The lowest BCUT2D eigenvalue weighted by atomic mass is 10.0. The summed E-state index contributed by atoms with van der Waals surface area (Å²) in [6.45, 7) is 1.85. The van der Waals surface area contributed by atoms with E-state index in [0.29, 0.717) is 23.3 Å². The molecular formula is C18H20N2O7. The van der Waals surface area contributed by atoms with Crippen molar-refractivity contribution in [2.75, 3.05) is 13.2 Å². The third kappa shape index (κ3) is 3.92. The van der Waals surface area contributed by atoms with E-state index in [2.05, 4.69) is 5.32 Å². The van der Waals surface area contributed by atoms with Crippen molar-refractivity contribution in [3.63, 3.8) is 0 Å². The van der Waals surface area contributed by atoms with Crippen LogP contribution in [0.5, 0.6) is 5.75 Å². The summed E-state index contributed by atoms with van der Waals surface area (Å²) in [7, 11) is 0. The third-order valence-corrected chi connectivity index (χ3v) is 4.60. The molecule has 0 aromatic heterocycles. The van der Waals surface area contributed by atoms with Crippen LogP contribution in [0.3, 0.4) is 0 Å². The smallest absolute Gasteiger partial charge is 0.332 e. The molecule has 2 aliphatic heterocycles. The highest BCUT2D eigenvalue weighted by Crippen LogP contribution is 2.33. The Labute approximate surface area is 155 Å². The minimum absolute atomic E-state index is 0.0853. The molecular weight excluding hydrogens is 356 g/mol. The van der Waals surface area contributed by atoms with E-state index in [1.54, 1.807) is 18.2 Å². The summed E-state index contributed by atoms with van der Waals surface area (Å²) in [6.07, 6.45) is -0.444. The van der Waals surface area contributed by atoms with Gasteiger partial charge < -0.3 is 19.5 Å². The number of nitrogens with zero attached hydrogens (tertiary/aromatic N) is 1. The Balaban J connectivity index is 1.66. The lowest BCUT2D eigenvalue weighted by Gasteiger charge is -2.29. The minimum Gasteiger partial charge on any atom is -0.491 e. The quantitative estimate of drug-likeness (QED) is 0.519. The fourth-order valence-corrected chi connectivity index (χ4v) is 3.14. The molecule has 1 aromatic rings. The summed E-state index contributed by atoms with van der Waals surface area (Å²) >= 11 is 0. The van der Waals surface area contributed by atoms with Crippen molar-refractivity contribution in [3.05, 3.63) is 29.3 Å². The van der Waals surface area contributed by atoms with Crippen LogP contribution in [0, 0.1) is 0 Å². The Hall–Kier alpha value is -2.94. The number of carboxylic acids is 1. The van der Waals surface area contributed by atoms with Gasteiger partial charge in [-0.2, -0.15) is 0 Å². The second-order valence-corrected chi connectivity index (χ2v) is 6.38. The van der Waals surface area contributed by atoms with E-state index in [0.717, 1.165) is 0 Å². The predicted octanol–water partition coefficient (Wildman–Crippen LogP) is 0.316. The normalized spacial score (nSPS) is 20.3. The number of imide groups is 1. The Bertz CT molecular complexity index is 792. The van der Waals surface area contributed by atoms with Crippen LogP contribution in [0.4, 0.5) is 0 Å². The monoisotopic (exact) mass is 376 g/mol. The molecule has 1 fully saturated rings. The number of carbonyl (C=O) groups excluding carboxylic acids is 3. The van der Waals surface area contributed by atoms with Crippen LogP contribution in [0.25, 0.3) is 0 Å². The maximum atomic E-state index is 12.7. The van der Waals surface area contributed by atoms with Crippen LogP contribution in [-0.4, -0.2) is 59.1 Å². The van der Waals surface area contributed by atoms with Crippen molar-refractivity contribution in [2.24, 2.45) is 0 Å². The molecule has 0 aliphatic carbocycles. The van der Waals surface area contributed by atoms with E-state index in [4.69, 9.17) is 14.6 Å². The topological polar surface area (TPSA) is 122 Å². The van der Waals surface area contributed by atoms with Crippen molar-refractivity contribution in [1.29, 1.82) is 0 Å². The summed E-state index contributed by atoms with van der Waals surface area (Å²) in [5.41, 5.74) is 1.12. The lowest BCUT2D eigenvalue weighted by Crippen LogP contribution is -2.52. The number of carbonyl (C=O) groups is 4. The molecule has 9 nitrogen and oxygen atoms in total. The summed E-state index contributed by atoms with van der Waals surface area (Å²) in [4.78, 5) is 48.3. The number of nitrogens with one attached hydrogen (secondary N) is 1. The first-order valence-electron chi connectivity index (χ1n) is 8.62. The predicted molar refractivity (Wildman–Crippen MR) is 91.0 cm³/mol. The number of hydrogen-bond acceptors (Lipinski definition) is 6. The first-order valence-corrected chi connectivity index (χ1v) is 8.62. The van der Waals surface area contributed by atoms with Gasteiger partial charge in [0.25, 0.3) is 5.91 Å². The largest absolute Gasteiger partial charge is 0.491 e. The SMILES string of the molecule is CC(OCCOc1cccc2c1CN(C1CCC(=O)NC1=O)C2=O)C(=O)O. The standard InChI is InChI=1S/C18H20N2O7/c1-10(18(24)25)26-7-8-27-14-4-2-3-11-12(14)9-20(17(11)23)13-5-6-15(21)19-16(13)22/h2-4,10,13H,5-9H2,1H3,(H,24,25)(H,19,21,22). The molecule has 2 heterocycles. The van der Waals surface area contributed by atoms with E-state index in [9.17, 15) is 19.2 Å². The highest BCUT2D eigenvalue weighted by atomic mass is 16.5. The Morgan fingerprint density at radius 2 is 2.11 bits per heavy atom. The molecule has 2 N–H and O–H groups in total. The zero-order chi connectivity index (χ0) is 19.6. The fraction of sp³-hybridized carbons (Fsp3) is 0.444. The summed E-state index contributed by atoms with van der Waals surface area (Å²) in [5.74, 6) is -1.64. The van der Waals surface area contributed by atoms with Gasteiger partial charge in [-0.05, 0) is 25.5 Å². The zero-order valence-corrected chi connectivity index (χ0v) is 14.8. The van der Waals surface area contributed by atoms with E-state index in [1.807, 2.05) is 0 Å². The third-order valence-electron chi connectivity index (χ3n) is 4.60. The number of fused-ring (bicyclic) bond motifs is 1. The molecule has 3 amide bonds. The summed E-state index contributed by atoms with van der Waals surface area (Å²) in [5, 5.41) is 11.0. The Morgan fingerprint density at radius 1 is 1.33 bits per heavy atom. The number of amides is 3. The van der Waals surface area contributed by atoms with Crippen LogP contribution in [0.2, 0.25) is 0 Å². The van der Waals surface area contributed by atoms with Gasteiger partial charge in [0.05, 0.1) is 13.2 Å². The maximum absolute atomic E-state index is 12.7. The van der Waals surface area contributed by atoms with Gasteiger partial charge in [0.1, 0.15) is 18.4 Å². The number of rotatable bonds is 7. The van der Waals surface area contributed by atoms with Crippen molar-refractivity contribution < 1.29 is 33.8 Å². The molecule has 1 saturated heterocycles. The molecule has 0 bridgehead atoms. The number of benzene rings is 1. The maximum Gasteiger partial charge on any atom is 0.332 e. The van der Waals surface area contributed by atoms with E-state index in [1.165, 1.54) is 11.8 Å². The van der Waals surface area contributed by atoms with E-state index < -0.39 is 24.0 Å². The van der Waals surface area contributed by atoms with Gasteiger partial charge in [-0.15, -0.1) is 0 Å². The number of aliphatic carboxylic acids is 1. The second kappa shape index (κ2) is 7.75. The van der Waals surface area contributed by atoms with Crippen LogP contribution < -0.4 is 10.1 Å². The summed E-state index contributed by atoms with van der Waals surface area (Å²) in [6, 6.07) is 4.37. The molecule has 2 atom stereocenters. The molecule has 2 unspecified atom stereocenters. The van der Waals surface area contributed by atoms with Crippen molar-refractivity contribution in [3.8, 4) is 5.75 Å². The highest BCUT2D eigenvalue weighted by molar-refractivity contribution is 6.05. The van der Waals surface area contributed by atoms with Crippen molar-refractivity contribution >= 4 is 23.7 Å².